The lowest BCUT2D eigenvalue weighted by atomic mass is 10.0. The average Bonchev–Trinajstić information content (AvgIpc) is 2.46. The van der Waals surface area contributed by atoms with E-state index in [1.165, 1.54) is 77.4 Å². The van der Waals surface area contributed by atoms with Crippen LogP contribution < -0.4 is 5.32 Å². The van der Waals surface area contributed by atoms with E-state index in [1.54, 1.807) is 0 Å². The van der Waals surface area contributed by atoms with Gasteiger partial charge in [0.1, 0.15) is 0 Å². The summed E-state index contributed by atoms with van der Waals surface area (Å²) in [5.41, 5.74) is 0. The van der Waals surface area contributed by atoms with Gasteiger partial charge in [-0.1, -0.05) is 59.3 Å². The maximum Gasteiger partial charge on any atom is 0.0218 e. The van der Waals surface area contributed by atoms with Gasteiger partial charge in [-0.3, -0.25) is 4.90 Å². The van der Waals surface area contributed by atoms with Gasteiger partial charge in [0.05, 0.1) is 0 Å². The Morgan fingerprint density at radius 1 is 0.895 bits per heavy atom. The van der Waals surface area contributed by atoms with Crippen molar-refractivity contribution in [1.29, 1.82) is 0 Å². The van der Waals surface area contributed by atoms with Crippen molar-refractivity contribution in [2.45, 2.75) is 90.6 Å². The molecule has 0 saturated carbocycles. The molecule has 2 nitrogen and oxygen atoms in total. The van der Waals surface area contributed by atoms with Crippen LogP contribution >= 0.6 is 0 Å². The van der Waals surface area contributed by atoms with Gasteiger partial charge in [-0.15, -0.1) is 0 Å². The van der Waals surface area contributed by atoms with E-state index in [9.17, 15) is 0 Å². The predicted molar refractivity (Wildman–Crippen MR) is 85.7 cm³/mol. The van der Waals surface area contributed by atoms with Crippen LogP contribution in [0, 0.1) is 0 Å². The molecule has 19 heavy (non-hydrogen) atoms. The van der Waals surface area contributed by atoms with Gasteiger partial charge in [-0.25, -0.2) is 0 Å². The summed E-state index contributed by atoms with van der Waals surface area (Å²) in [4.78, 5) is 2.75. The fraction of sp³-hybridized carbons (Fsp3) is 1.00. The molecule has 1 rings (SSSR count). The van der Waals surface area contributed by atoms with Crippen LogP contribution in [0.2, 0.25) is 0 Å². The first kappa shape index (κ1) is 17.0. The molecule has 0 aromatic carbocycles. The molecule has 1 heterocycles. The molecule has 1 fully saturated rings. The third kappa shape index (κ3) is 6.76. The van der Waals surface area contributed by atoms with Crippen LogP contribution in [0.5, 0.6) is 0 Å². The van der Waals surface area contributed by atoms with Crippen LogP contribution in [0.15, 0.2) is 0 Å². The zero-order valence-corrected chi connectivity index (χ0v) is 13.6. The molecule has 2 heteroatoms. The Labute approximate surface area is 121 Å². The third-order valence-corrected chi connectivity index (χ3v) is 4.63. The number of piperazine rings is 1. The van der Waals surface area contributed by atoms with Gasteiger partial charge in [-0.2, -0.15) is 0 Å². The molecule has 1 aliphatic heterocycles. The number of rotatable bonds is 10. The molecule has 0 aliphatic carbocycles. The highest BCUT2D eigenvalue weighted by atomic mass is 15.2. The van der Waals surface area contributed by atoms with Crippen molar-refractivity contribution in [1.82, 2.24) is 10.2 Å². The highest BCUT2D eigenvalue weighted by Crippen LogP contribution is 2.14. The van der Waals surface area contributed by atoms with Crippen molar-refractivity contribution in [3.8, 4) is 0 Å². The van der Waals surface area contributed by atoms with Crippen molar-refractivity contribution in [3.05, 3.63) is 0 Å². The second-order valence-corrected chi connectivity index (χ2v) is 6.19. The smallest absolute Gasteiger partial charge is 0.0218 e. The van der Waals surface area contributed by atoms with Crippen LogP contribution in [0.25, 0.3) is 0 Å². The van der Waals surface area contributed by atoms with E-state index >= 15 is 0 Å². The Hall–Kier alpha value is -0.0800. The minimum Gasteiger partial charge on any atom is -0.311 e. The van der Waals surface area contributed by atoms with Crippen LogP contribution in [-0.4, -0.2) is 36.6 Å². The summed E-state index contributed by atoms with van der Waals surface area (Å²) in [6.07, 6.45) is 12.5. The number of hydrogen-bond donors (Lipinski definition) is 1. The summed E-state index contributed by atoms with van der Waals surface area (Å²) in [5, 5.41) is 3.68. The lowest BCUT2D eigenvalue weighted by Crippen LogP contribution is -2.56. The normalized spacial score (nSPS) is 24.8. The first-order valence-corrected chi connectivity index (χ1v) is 8.79. The average molecular weight is 268 g/mol. The SMILES string of the molecule is CCCCCCCCCN1CC(CC)NCC1CC. The summed E-state index contributed by atoms with van der Waals surface area (Å²) in [5.74, 6) is 0. The number of nitrogens with zero attached hydrogens (tertiary/aromatic N) is 1. The summed E-state index contributed by atoms with van der Waals surface area (Å²) >= 11 is 0. The predicted octanol–water partition coefficient (Wildman–Crippen LogP) is 4.20. The molecule has 1 aliphatic rings. The lowest BCUT2D eigenvalue weighted by Gasteiger charge is -2.40. The standard InChI is InChI=1S/C17H36N2/c1-4-7-8-9-10-11-12-13-19-15-16(5-2)18-14-17(19)6-3/h16-18H,4-15H2,1-3H3. The molecule has 114 valence electrons. The quantitative estimate of drug-likeness (QED) is 0.597. The van der Waals surface area contributed by atoms with Crippen molar-refractivity contribution >= 4 is 0 Å². The highest BCUT2D eigenvalue weighted by Gasteiger charge is 2.24. The molecule has 0 radical (unpaired) electrons. The summed E-state index contributed by atoms with van der Waals surface area (Å²) in [6, 6.07) is 1.51. The Morgan fingerprint density at radius 2 is 1.58 bits per heavy atom. The van der Waals surface area contributed by atoms with Gasteiger partial charge in [0.2, 0.25) is 0 Å². The largest absolute Gasteiger partial charge is 0.311 e. The molecule has 1 saturated heterocycles. The molecule has 2 unspecified atom stereocenters. The van der Waals surface area contributed by atoms with Gasteiger partial charge < -0.3 is 5.32 Å². The monoisotopic (exact) mass is 268 g/mol. The van der Waals surface area contributed by atoms with E-state index in [1.807, 2.05) is 0 Å². The van der Waals surface area contributed by atoms with Crippen molar-refractivity contribution in [2.75, 3.05) is 19.6 Å². The molecule has 2 atom stereocenters. The number of hydrogen-bond acceptors (Lipinski definition) is 2. The van der Waals surface area contributed by atoms with Crippen molar-refractivity contribution in [3.63, 3.8) is 0 Å². The van der Waals surface area contributed by atoms with Gasteiger partial charge in [-0.05, 0) is 25.8 Å². The van der Waals surface area contributed by atoms with Crippen LogP contribution in [-0.2, 0) is 0 Å². The van der Waals surface area contributed by atoms with Crippen LogP contribution in [0.4, 0.5) is 0 Å². The van der Waals surface area contributed by atoms with Gasteiger partial charge in [0.15, 0.2) is 0 Å². The topological polar surface area (TPSA) is 15.3 Å². The second kappa shape index (κ2) is 10.7. The molecule has 0 bridgehead atoms. The minimum atomic E-state index is 0.729. The molecule has 0 aromatic rings. The van der Waals surface area contributed by atoms with E-state index < -0.39 is 0 Å². The van der Waals surface area contributed by atoms with E-state index in [4.69, 9.17) is 0 Å². The summed E-state index contributed by atoms with van der Waals surface area (Å²) < 4.78 is 0. The lowest BCUT2D eigenvalue weighted by molar-refractivity contribution is 0.122. The van der Waals surface area contributed by atoms with Crippen molar-refractivity contribution in [2.24, 2.45) is 0 Å². The fourth-order valence-electron chi connectivity index (χ4n) is 3.15. The maximum atomic E-state index is 3.68. The maximum absolute atomic E-state index is 3.68. The Morgan fingerprint density at radius 3 is 2.21 bits per heavy atom. The van der Waals surface area contributed by atoms with E-state index in [0.29, 0.717) is 0 Å². The molecule has 0 amide bonds. The first-order chi connectivity index (χ1) is 9.31. The highest BCUT2D eigenvalue weighted by molar-refractivity contribution is 4.84. The van der Waals surface area contributed by atoms with Crippen LogP contribution in [0.3, 0.4) is 0 Å². The second-order valence-electron chi connectivity index (χ2n) is 6.19. The van der Waals surface area contributed by atoms with Gasteiger partial charge in [0.25, 0.3) is 0 Å². The van der Waals surface area contributed by atoms with Crippen molar-refractivity contribution < 1.29 is 0 Å². The molecular weight excluding hydrogens is 232 g/mol. The van der Waals surface area contributed by atoms with Gasteiger partial charge >= 0.3 is 0 Å². The zero-order valence-electron chi connectivity index (χ0n) is 13.6. The Balaban J connectivity index is 2.11. The minimum absolute atomic E-state index is 0.729. The van der Waals surface area contributed by atoms with E-state index in [2.05, 4.69) is 31.0 Å². The van der Waals surface area contributed by atoms with Gasteiger partial charge in [0, 0.05) is 25.2 Å². The summed E-state index contributed by atoms with van der Waals surface area (Å²) in [7, 11) is 0. The first-order valence-electron chi connectivity index (χ1n) is 8.79. The molecule has 0 spiro atoms. The van der Waals surface area contributed by atoms with E-state index in [0.717, 1.165) is 12.1 Å². The number of nitrogens with one attached hydrogen (secondary N) is 1. The fourth-order valence-corrected chi connectivity index (χ4v) is 3.15. The zero-order chi connectivity index (χ0) is 13.9. The molecule has 1 N–H and O–H groups in total. The third-order valence-electron chi connectivity index (χ3n) is 4.63. The number of unbranched alkanes of at least 4 members (excludes halogenated alkanes) is 6. The Kier molecular flexibility index (Phi) is 9.54. The molecular formula is C17H36N2. The Bertz CT molecular complexity index is 205. The van der Waals surface area contributed by atoms with E-state index in [-0.39, 0.29) is 0 Å². The summed E-state index contributed by atoms with van der Waals surface area (Å²) in [6.45, 7) is 10.7. The van der Waals surface area contributed by atoms with Crippen LogP contribution in [0.1, 0.15) is 78.6 Å². The molecule has 0 aromatic heterocycles.